The Bertz CT molecular complexity index is 838. The van der Waals surface area contributed by atoms with Crippen LogP contribution in [-0.4, -0.2) is 42.1 Å². The van der Waals surface area contributed by atoms with Gasteiger partial charge in [-0.15, -0.1) is 0 Å². The van der Waals surface area contributed by atoms with E-state index in [2.05, 4.69) is 37.9 Å². The molecule has 160 valence electrons. The lowest BCUT2D eigenvalue weighted by Crippen LogP contribution is -2.32. The Balaban J connectivity index is 1.75. The van der Waals surface area contributed by atoms with Gasteiger partial charge in [-0.3, -0.25) is 4.79 Å². The van der Waals surface area contributed by atoms with Crippen molar-refractivity contribution in [1.29, 1.82) is 0 Å². The summed E-state index contributed by atoms with van der Waals surface area (Å²) < 4.78 is 7.20. The molecule has 0 aliphatic carbocycles. The molecule has 2 heterocycles. The molecule has 1 unspecified atom stereocenters. The van der Waals surface area contributed by atoms with Crippen LogP contribution in [0.4, 0.5) is 10.8 Å². The number of anilines is 2. The predicted octanol–water partition coefficient (Wildman–Crippen LogP) is 5.65. The van der Waals surface area contributed by atoms with E-state index in [1.807, 2.05) is 23.9 Å². The van der Waals surface area contributed by atoms with Gasteiger partial charge in [-0.1, -0.05) is 39.0 Å². The quantitative estimate of drug-likeness (QED) is 0.609. The number of fused-ring (bicyclic) bond motifs is 1. The summed E-state index contributed by atoms with van der Waals surface area (Å²) in [4.78, 5) is 18.9. The fourth-order valence-electron chi connectivity index (χ4n) is 3.76. The van der Waals surface area contributed by atoms with Crippen LogP contribution in [0.3, 0.4) is 0 Å². The molecule has 0 bridgehead atoms. The van der Waals surface area contributed by atoms with Crippen molar-refractivity contribution in [2.75, 3.05) is 41.4 Å². The van der Waals surface area contributed by atoms with Crippen LogP contribution in [0.1, 0.15) is 47.5 Å². The molecule has 1 amide bonds. The lowest BCUT2D eigenvalue weighted by Gasteiger charge is -2.25. The molecule has 1 aliphatic heterocycles. The van der Waals surface area contributed by atoms with Crippen molar-refractivity contribution in [3.05, 3.63) is 12.1 Å². The summed E-state index contributed by atoms with van der Waals surface area (Å²) >= 11 is 3.68. The molecular formula is C22H33N3O2S2. The maximum absolute atomic E-state index is 11.7. The van der Waals surface area contributed by atoms with Crippen molar-refractivity contribution in [1.82, 2.24) is 4.98 Å². The average molecular weight is 436 g/mol. The van der Waals surface area contributed by atoms with Crippen LogP contribution in [0.2, 0.25) is 0 Å². The highest BCUT2D eigenvalue weighted by Crippen LogP contribution is 2.37. The number of thiazole rings is 1. The lowest BCUT2D eigenvalue weighted by atomic mass is 9.84. The normalized spacial score (nSPS) is 16.1. The minimum absolute atomic E-state index is 0.0897. The highest BCUT2D eigenvalue weighted by atomic mass is 32.2. The number of hydrogen-bond acceptors (Lipinski definition) is 6. The molecular weight excluding hydrogens is 402 g/mol. The third-order valence-corrected chi connectivity index (χ3v) is 6.92. The first-order valence-corrected chi connectivity index (χ1v) is 12.4. The van der Waals surface area contributed by atoms with E-state index in [9.17, 15) is 4.79 Å². The van der Waals surface area contributed by atoms with Crippen molar-refractivity contribution < 1.29 is 9.53 Å². The Morgan fingerprint density at radius 1 is 1.31 bits per heavy atom. The van der Waals surface area contributed by atoms with Crippen LogP contribution < -0.4 is 15.0 Å². The highest BCUT2D eigenvalue weighted by Gasteiger charge is 2.18. The summed E-state index contributed by atoms with van der Waals surface area (Å²) in [5, 5.41) is 3.99. The number of thioether (sulfide) groups is 1. The summed E-state index contributed by atoms with van der Waals surface area (Å²) in [6.45, 7) is 13.3. The monoisotopic (exact) mass is 435 g/mol. The van der Waals surface area contributed by atoms with Crippen LogP contribution in [0.15, 0.2) is 12.1 Å². The first kappa shape index (κ1) is 22.2. The van der Waals surface area contributed by atoms with Gasteiger partial charge < -0.3 is 15.0 Å². The number of carbonyl (C=O) groups is 1. The van der Waals surface area contributed by atoms with Crippen LogP contribution in [-0.2, 0) is 4.79 Å². The standard InChI is InChI=1S/C22H33N3O2S2/c1-15(14-22(3,4)5)6-9-27-19-12-18-20(13-17(19)23-16(2)26)29-21(24-18)25-7-10-28-11-8-25/h12-13,15H,6-11,14H2,1-5H3,(H,23,26). The molecule has 1 N–H and O–H groups in total. The molecule has 1 saturated heterocycles. The summed E-state index contributed by atoms with van der Waals surface area (Å²) in [7, 11) is 0. The van der Waals surface area contributed by atoms with E-state index in [1.54, 1.807) is 11.3 Å². The van der Waals surface area contributed by atoms with Crippen LogP contribution in [0, 0.1) is 11.3 Å². The number of aromatic nitrogens is 1. The number of nitrogens with zero attached hydrogens (tertiary/aromatic N) is 2. The lowest BCUT2D eigenvalue weighted by molar-refractivity contribution is -0.114. The Kier molecular flexibility index (Phi) is 7.32. The molecule has 7 heteroatoms. The maximum Gasteiger partial charge on any atom is 0.221 e. The molecule has 5 nitrogen and oxygen atoms in total. The predicted molar refractivity (Wildman–Crippen MR) is 127 cm³/mol. The van der Waals surface area contributed by atoms with Crippen molar-refractivity contribution in [3.63, 3.8) is 0 Å². The minimum Gasteiger partial charge on any atom is -0.491 e. The van der Waals surface area contributed by atoms with Gasteiger partial charge in [0.2, 0.25) is 5.91 Å². The zero-order valence-corrected chi connectivity index (χ0v) is 19.8. The number of benzene rings is 1. The zero-order valence-electron chi connectivity index (χ0n) is 18.2. The van der Waals surface area contributed by atoms with Gasteiger partial charge in [0, 0.05) is 37.6 Å². The molecule has 0 radical (unpaired) electrons. The summed E-state index contributed by atoms with van der Waals surface area (Å²) in [6.07, 6.45) is 2.15. The number of carbonyl (C=O) groups excluding carboxylic acids is 1. The molecule has 0 spiro atoms. The van der Waals surface area contributed by atoms with E-state index in [1.165, 1.54) is 6.92 Å². The second kappa shape index (κ2) is 9.56. The molecule has 2 aromatic rings. The van der Waals surface area contributed by atoms with E-state index in [0.717, 1.165) is 58.5 Å². The van der Waals surface area contributed by atoms with Gasteiger partial charge in [-0.25, -0.2) is 4.98 Å². The van der Waals surface area contributed by atoms with E-state index < -0.39 is 0 Å². The van der Waals surface area contributed by atoms with E-state index in [-0.39, 0.29) is 5.91 Å². The van der Waals surface area contributed by atoms with Crippen LogP contribution in [0.5, 0.6) is 5.75 Å². The first-order valence-electron chi connectivity index (χ1n) is 10.4. The number of rotatable bonds is 7. The largest absolute Gasteiger partial charge is 0.491 e. The van der Waals surface area contributed by atoms with E-state index in [4.69, 9.17) is 9.72 Å². The molecule has 3 rings (SSSR count). The summed E-state index contributed by atoms with van der Waals surface area (Å²) in [6, 6.07) is 3.98. The first-order chi connectivity index (χ1) is 13.7. The van der Waals surface area contributed by atoms with Crippen molar-refractivity contribution in [2.45, 2.75) is 47.5 Å². The molecule has 29 heavy (non-hydrogen) atoms. The number of ether oxygens (including phenoxy) is 1. The van der Waals surface area contributed by atoms with Crippen LogP contribution >= 0.6 is 23.1 Å². The van der Waals surface area contributed by atoms with Crippen LogP contribution in [0.25, 0.3) is 10.2 Å². The summed E-state index contributed by atoms with van der Waals surface area (Å²) in [5.74, 6) is 3.50. The number of nitrogens with one attached hydrogen (secondary N) is 1. The van der Waals surface area contributed by atoms with Gasteiger partial charge in [0.15, 0.2) is 5.13 Å². The Hall–Kier alpha value is -1.47. The highest BCUT2D eigenvalue weighted by molar-refractivity contribution is 7.99. The fourth-order valence-corrected chi connectivity index (χ4v) is 5.70. The molecule has 0 saturated carbocycles. The minimum atomic E-state index is -0.0897. The third-order valence-electron chi connectivity index (χ3n) is 4.90. The Labute approximate surface area is 182 Å². The Morgan fingerprint density at radius 3 is 2.69 bits per heavy atom. The molecule has 1 aromatic heterocycles. The van der Waals surface area contributed by atoms with Crippen molar-refractivity contribution in [2.24, 2.45) is 11.3 Å². The van der Waals surface area contributed by atoms with Gasteiger partial charge in [-0.05, 0) is 30.2 Å². The van der Waals surface area contributed by atoms with Gasteiger partial charge in [0.1, 0.15) is 5.75 Å². The topological polar surface area (TPSA) is 54.5 Å². The molecule has 1 aromatic carbocycles. The van der Waals surface area contributed by atoms with Gasteiger partial charge >= 0.3 is 0 Å². The molecule has 1 atom stereocenters. The van der Waals surface area contributed by atoms with E-state index >= 15 is 0 Å². The smallest absolute Gasteiger partial charge is 0.221 e. The number of hydrogen-bond donors (Lipinski definition) is 1. The maximum atomic E-state index is 11.7. The van der Waals surface area contributed by atoms with Crippen molar-refractivity contribution >= 4 is 50.0 Å². The molecule has 1 aliphatic rings. The fraction of sp³-hybridized carbons (Fsp3) is 0.636. The van der Waals surface area contributed by atoms with Gasteiger partial charge in [0.05, 0.1) is 22.5 Å². The second-order valence-electron chi connectivity index (χ2n) is 9.10. The second-order valence-corrected chi connectivity index (χ2v) is 11.3. The van der Waals surface area contributed by atoms with Gasteiger partial charge in [-0.2, -0.15) is 11.8 Å². The van der Waals surface area contributed by atoms with Crippen molar-refractivity contribution in [3.8, 4) is 5.75 Å². The SMILES string of the molecule is CC(=O)Nc1cc2sc(N3CCSCC3)nc2cc1OCCC(C)CC(C)(C)C. The average Bonchev–Trinajstić information content (AvgIpc) is 3.03. The number of amides is 1. The van der Waals surface area contributed by atoms with Gasteiger partial charge in [0.25, 0.3) is 0 Å². The third kappa shape index (κ3) is 6.51. The van der Waals surface area contributed by atoms with E-state index in [0.29, 0.717) is 23.7 Å². The Morgan fingerprint density at radius 2 is 2.03 bits per heavy atom. The summed E-state index contributed by atoms with van der Waals surface area (Å²) in [5.41, 5.74) is 2.00. The molecule has 1 fully saturated rings. The zero-order chi connectivity index (χ0) is 21.0.